The summed E-state index contributed by atoms with van der Waals surface area (Å²) >= 11 is 0. The summed E-state index contributed by atoms with van der Waals surface area (Å²) in [6.45, 7) is 5.38. The highest BCUT2D eigenvalue weighted by Gasteiger charge is 2.17. The van der Waals surface area contributed by atoms with Crippen LogP contribution in [0.25, 0.3) is 6.08 Å². The summed E-state index contributed by atoms with van der Waals surface area (Å²) in [7, 11) is 0. The van der Waals surface area contributed by atoms with Crippen LogP contribution in [0.2, 0.25) is 0 Å². The molecule has 0 spiro atoms. The fraction of sp³-hybridized carbons (Fsp3) is 0.238. The maximum Gasteiger partial charge on any atom is 0.268 e. The van der Waals surface area contributed by atoms with E-state index in [0.29, 0.717) is 0 Å². The summed E-state index contributed by atoms with van der Waals surface area (Å²) in [5.41, 5.74) is 3.22. The highest BCUT2D eigenvalue weighted by molar-refractivity contribution is 6.01. The maximum absolute atomic E-state index is 12.7. The molecule has 0 bridgehead atoms. The number of hydrogen-bond acceptors (Lipinski definition) is 2. The zero-order valence-electron chi connectivity index (χ0n) is 14.9. The van der Waals surface area contributed by atoms with E-state index in [4.69, 9.17) is 0 Å². The lowest BCUT2D eigenvalue weighted by Crippen LogP contribution is -2.36. The van der Waals surface area contributed by atoms with Crippen LogP contribution >= 0.6 is 0 Å². The van der Waals surface area contributed by atoms with Crippen LogP contribution in [0.1, 0.15) is 43.0 Å². The zero-order chi connectivity index (χ0) is 18.2. The van der Waals surface area contributed by atoms with Crippen LogP contribution in [0.15, 0.2) is 60.3 Å². The van der Waals surface area contributed by atoms with Gasteiger partial charge in [-0.1, -0.05) is 61.5 Å². The predicted molar refractivity (Wildman–Crippen MR) is 101 cm³/mol. The number of carbonyl (C=O) groups excluding carboxylic acids is 2. The van der Waals surface area contributed by atoms with Gasteiger partial charge >= 0.3 is 0 Å². The molecule has 2 N–H and O–H groups in total. The van der Waals surface area contributed by atoms with Gasteiger partial charge in [0.25, 0.3) is 5.91 Å². The molecule has 0 aliphatic heterocycles. The minimum Gasteiger partial charge on any atom is -0.344 e. The van der Waals surface area contributed by atoms with Crippen molar-refractivity contribution in [1.29, 1.82) is 0 Å². The van der Waals surface area contributed by atoms with Crippen molar-refractivity contribution in [2.24, 2.45) is 0 Å². The van der Waals surface area contributed by atoms with Gasteiger partial charge in [0.2, 0.25) is 5.91 Å². The fourth-order valence-corrected chi connectivity index (χ4v) is 2.59. The summed E-state index contributed by atoms with van der Waals surface area (Å²) in [5, 5.41) is 5.65. The highest BCUT2D eigenvalue weighted by atomic mass is 16.2. The van der Waals surface area contributed by atoms with Gasteiger partial charge in [0.1, 0.15) is 5.70 Å². The molecule has 2 aromatic carbocycles. The van der Waals surface area contributed by atoms with Gasteiger partial charge in [-0.15, -0.1) is 0 Å². The van der Waals surface area contributed by atoms with Gasteiger partial charge in [0.15, 0.2) is 0 Å². The van der Waals surface area contributed by atoms with E-state index < -0.39 is 0 Å². The summed E-state index contributed by atoms with van der Waals surface area (Å²) in [6, 6.07) is 17.4. The first-order valence-electron chi connectivity index (χ1n) is 8.42. The van der Waals surface area contributed by atoms with Gasteiger partial charge < -0.3 is 10.6 Å². The van der Waals surface area contributed by atoms with Crippen LogP contribution in [0.3, 0.4) is 0 Å². The number of rotatable bonds is 6. The first-order valence-corrected chi connectivity index (χ1v) is 8.42. The first-order chi connectivity index (χ1) is 12.0. The van der Waals surface area contributed by atoms with E-state index in [2.05, 4.69) is 10.6 Å². The lowest BCUT2D eigenvalue weighted by Gasteiger charge is -2.19. The van der Waals surface area contributed by atoms with Crippen molar-refractivity contribution in [3.05, 3.63) is 77.0 Å². The molecule has 2 amide bonds. The Bertz CT molecular complexity index is 766. The minimum absolute atomic E-state index is 0.109. The van der Waals surface area contributed by atoms with Gasteiger partial charge in [0.05, 0.1) is 6.04 Å². The quantitative estimate of drug-likeness (QED) is 0.790. The number of hydrogen-bond donors (Lipinski definition) is 2. The third-order valence-electron chi connectivity index (χ3n) is 3.96. The van der Waals surface area contributed by atoms with Crippen LogP contribution < -0.4 is 10.6 Å². The normalized spacial score (nSPS) is 12.4. The van der Waals surface area contributed by atoms with Crippen LogP contribution in [-0.4, -0.2) is 11.8 Å². The van der Waals surface area contributed by atoms with E-state index in [1.165, 1.54) is 6.92 Å². The Labute approximate surface area is 149 Å². The molecule has 0 saturated heterocycles. The molecule has 0 aliphatic rings. The van der Waals surface area contributed by atoms with E-state index in [0.717, 1.165) is 23.1 Å². The van der Waals surface area contributed by atoms with E-state index in [9.17, 15) is 9.59 Å². The third kappa shape index (κ3) is 5.31. The van der Waals surface area contributed by atoms with Crippen LogP contribution in [0.4, 0.5) is 0 Å². The Balaban J connectivity index is 2.26. The second-order valence-electron chi connectivity index (χ2n) is 5.94. The molecule has 25 heavy (non-hydrogen) atoms. The molecule has 2 rings (SSSR count). The summed E-state index contributed by atoms with van der Waals surface area (Å²) in [6.07, 6.45) is 2.47. The molecule has 0 radical (unpaired) electrons. The molecule has 1 atom stereocenters. The molecule has 0 heterocycles. The maximum atomic E-state index is 12.7. The average molecular weight is 336 g/mol. The number of carbonyl (C=O) groups is 2. The molecular weight excluding hydrogens is 312 g/mol. The van der Waals surface area contributed by atoms with Crippen LogP contribution in [0.5, 0.6) is 0 Å². The van der Waals surface area contributed by atoms with Crippen molar-refractivity contribution in [2.45, 2.75) is 33.2 Å². The second kappa shape index (κ2) is 8.83. The molecule has 0 fully saturated rings. The molecule has 0 aliphatic carbocycles. The van der Waals surface area contributed by atoms with E-state index in [1.54, 1.807) is 6.08 Å². The molecule has 4 heteroatoms. The number of benzene rings is 2. The molecule has 4 nitrogen and oxygen atoms in total. The third-order valence-corrected chi connectivity index (χ3v) is 3.96. The summed E-state index contributed by atoms with van der Waals surface area (Å²) < 4.78 is 0. The summed E-state index contributed by atoms with van der Waals surface area (Å²) in [4.78, 5) is 24.3. The van der Waals surface area contributed by atoms with Crippen molar-refractivity contribution < 1.29 is 9.59 Å². The lowest BCUT2D eigenvalue weighted by molar-refractivity contribution is -0.122. The molecule has 0 aromatic heterocycles. The number of nitrogens with one attached hydrogen (secondary N) is 2. The monoisotopic (exact) mass is 336 g/mol. The molecule has 2 aromatic rings. The van der Waals surface area contributed by atoms with Gasteiger partial charge in [-0.25, -0.2) is 0 Å². The molecule has 0 saturated carbocycles. The Morgan fingerprint density at radius 3 is 2.28 bits per heavy atom. The van der Waals surface area contributed by atoms with Crippen molar-refractivity contribution >= 4 is 17.9 Å². The van der Waals surface area contributed by atoms with Gasteiger partial charge in [-0.05, 0) is 36.1 Å². The SMILES string of the molecule is CCC(NC(=O)/C(=C/c1ccccc1C)NC(C)=O)c1ccccc1. The highest BCUT2D eigenvalue weighted by Crippen LogP contribution is 2.17. The van der Waals surface area contributed by atoms with Crippen molar-refractivity contribution in [2.75, 3.05) is 0 Å². The van der Waals surface area contributed by atoms with E-state index in [-0.39, 0.29) is 23.6 Å². The second-order valence-corrected chi connectivity index (χ2v) is 5.94. The van der Waals surface area contributed by atoms with Crippen molar-refractivity contribution in [3.63, 3.8) is 0 Å². The Morgan fingerprint density at radius 2 is 1.68 bits per heavy atom. The molecule has 130 valence electrons. The van der Waals surface area contributed by atoms with Gasteiger partial charge in [-0.2, -0.15) is 0 Å². The standard InChI is InChI=1S/C21H24N2O2/c1-4-19(17-11-6-5-7-12-17)23-21(25)20(22-16(3)24)14-18-13-9-8-10-15(18)2/h5-14,19H,4H2,1-3H3,(H,22,24)(H,23,25)/b20-14-. The smallest absolute Gasteiger partial charge is 0.268 e. The molecule has 1 unspecified atom stereocenters. The van der Waals surface area contributed by atoms with E-state index >= 15 is 0 Å². The fourth-order valence-electron chi connectivity index (χ4n) is 2.59. The number of aryl methyl sites for hydroxylation is 1. The van der Waals surface area contributed by atoms with Crippen LogP contribution in [-0.2, 0) is 9.59 Å². The van der Waals surface area contributed by atoms with E-state index in [1.807, 2.05) is 68.4 Å². The Hall–Kier alpha value is -2.88. The Morgan fingerprint density at radius 1 is 1.04 bits per heavy atom. The molecular formula is C21H24N2O2. The first kappa shape index (κ1) is 18.5. The lowest BCUT2D eigenvalue weighted by atomic mass is 10.0. The summed E-state index contributed by atoms with van der Waals surface area (Å²) in [5.74, 6) is -0.572. The van der Waals surface area contributed by atoms with Crippen molar-refractivity contribution in [3.8, 4) is 0 Å². The number of amides is 2. The predicted octanol–water partition coefficient (Wildman–Crippen LogP) is 3.74. The topological polar surface area (TPSA) is 58.2 Å². The average Bonchev–Trinajstić information content (AvgIpc) is 2.61. The van der Waals surface area contributed by atoms with Gasteiger partial charge in [0, 0.05) is 6.92 Å². The zero-order valence-corrected chi connectivity index (χ0v) is 14.9. The Kier molecular flexibility index (Phi) is 6.52. The van der Waals surface area contributed by atoms with Crippen LogP contribution in [0, 0.1) is 6.92 Å². The van der Waals surface area contributed by atoms with Gasteiger partial charge in [-0.3, -0.25) is 9.59 Å². The minimum atomic E-state index is -0.297. The largest absolute Gasteiger partial charge is 0.344 e. The van der Waals surface area contributed by atoms with Crippen molar-refractivity contribution in [1.82, 2.24) is 10.6 Å².